The molecule has 0 saturated carbocycles. The number of hydrogen-bond acceptors (Lipinski definition) is 5. The van der Waals surface area contributed by atoms with Gasteiger partial charge in [0.15, 0.2) is 0 Å². The lowest BCUT2D eigenvalue weighted by Crippen LogP contribution is -2.28. The highest BCUT2D eigenvalue weighted by Crippen LogP contribution is 2.14. The van der Waals surface area contributed by atoms with Gasteiger partial charge in [-0.2, -0.15) is 0 Å². The number of carbonyl (C=O) groups excluding carboxylic acids is 1. The molecule has 0 spiro atoms. The van der Waals surface area contributed by atoms with E-state index in [1.165, 1.54) is 7.11 Å². The molecule has 1 aromatic heterocycles. The van der Waals surface area contributed by atoms with Gasteiger partial charge in [0.05, 0.1) is 7.11 Å². The molecule has 1 rings (SSSR count). The monoisotopic (exact) mass is 237 g/mol. The van der Waals surface area contributed by atoms with E-state index in [0.29, 0.717) is 11.9 Å². The Morgan fingerprint density at radius 3 is 2.53 bits per heavy atom. The van der Waals surface area contributed by atoms with Gasteiger partial charge < -0.3 is 10.1 Å². The number of methoxy groups -OCH3 is 1. The molecule has 1 unspecified atom stereocenters. The number of carbonyl (C=O) groups is 1. The fourth-order valence-corrected chi connectivity index (χ4v) is 1.38. The van der Waals surface area contributed by atoms with Gasteiger partial charge in [0.1, 0.15) is 6.04 Å². The molecule has 0 radical (unpaired) electrons. The van der Waals surface area contributed by atoms with Crippen molar-refractivity contribution in [1.29, 1.82) is 0 Å². The zero-order chi connectivity index (χ0) is 13.0. The molecule has 94 valence electrons. The number of ether oxygens (including phenoxy) is 1. The maximum absolute atomic E-state index is 11.3. The summed E-state index contributed by atoms with van der Waals surface area (Å²) in [5, 5.41) is 2.93. The quantitative estimate of drug-likeness (QED) is 0.810. The van der Waals surface area contributed by atoms with Gasteiger partial charge in [-0.05, 0) is 25.8 Å². The maximum Gasteiger partial charge on any atom is 0.328 e. The van der Waals surface area contributed by atoms with Crippen LogP contribution in [0.1, 0.15) is 38.1 Å². The van der Waals surface area contributed by atoms with Gasteiger partial charge in [-0.15, -0.1) is 0 Å². The average molecular weight is 237 g/mol. The fraction of sp³-hybridized carbons (Fsp3) is 0.583. The molecule has 5 heteroatoms. The molecule has 1 aromatic rings. The van der Waals surface area contributed by atoms with Gasteiger partial charge in [0.25, 0.3) is 0 Å². The highest BCUT2D eigenvalue weighted by Gasteiger charge is 2.14. The fourth-order valence-electron chi connectivity index (χ4n) is 1.38. The molecule has 0 aliphatic heterocycles. The summed E-state index contributed by atoms with van der Waals surface area (Å²) >= 11 is 0. The summed E-state index contributed by atoms with van der Waals surface area (Å²) in [7, 11) is 1.36. The van der Waals surface area contributed by atoms with Crippen LogP contribution >= 0.6 is 0 Å². The van der Waals surface area contributed by atoms with Crippen molar-refractivity contribution in [1.82, 2.24) is 9.97 Å². The van der Waals surface area contributed by atoms with Crippen molar-refractivity contribution in [2.45, 2.75) is 39.7 Å². The van der Waals surface area contributed by atoms with E-state index in [1.807, 2.05) is 13.0 Å². The summed E-state index contributed by atoms with van der Waals surface area (Å²) in [5.41, 5.74) is 1.83. The predicted octanol–water partition coefficient (Wildman–Crippen LogP) is 1.88. The van der Waals surface area contributed by atoms with Crippen molar-refractivity contribution in [3.63, 3.8) is 0 Å². The largest absolute Gasteiger partial charge is 0.467 e. The van der Waals surface area contributed by atoms with E-state index >= 15 is 0 Å². The van der Waals surface area contributed by atoms with E-state index < -0.39 is 6.04 Å². The molecule has 17 heavy (non-hydrogen) atoms. The third-order valence-corrected chi connectivity index (χ3v) is 2.37. The molecule has 1 heterocycles. The van der Waals surface area contributed by atoms with Gasteiger partial charge >= 0.3 is 5.97 Å². The molecule has 0 aliphatic rings. The first-order chi connectivity index (χ1) is 7.93. The molecule has 5 nitrogen and oxygen atoms in total. The number of esters is 1. The van der Waals surface area contributed by atoms with Crippen molar-refractivity contribution < 1.29 is 9.53 Å². The Balaban J connectivity index is 2.87. The second-order valence-corrected chi connectivity index (χ2v) is 4.30. The zero-order valence-electron chi connectivity index (χ0n) is 10.9. The Hall–Kier alpha value is -1.65. The van der Waals surface area contributed by atoms with Crippen LogP contribution in [0.5, 0.6) is 0 Å². The van der Waals surface area contributed by atoms with E-state index in [-0.39, 0.29) is 5.97 Å². The Labute approximate surface area is 102 Å². The molecule has 1 atom stereocenters. The average Bonchev–Trinajstić information content (AvgIpc) is 2.26. The molecule has 0 aromatic carbocycles. The van der Waals surface area contributed by atoms with Gasteiger partial charge in [-0.1, -0.05) is 13.8 Å². The van der Waals surface area contributed by atoms with Gasteiger partial charge in [0.2, 0.25) is 5.95 Å². The number of nitrogens with zero attached hydrogens (tertiary/aromatic N) is 2. The van der Waals surface area contributed by atoms with Crippen molar-refractivity contribution in [3.05, 3.63) is 17.5 Å². The minimum absolute atomic E-state index is 0.325. The normalized spacial score (nSPS) is 12.4. The Morgan fingerprint density at radius 2 is 2.00 bits per heavy atom. The number of nitrogens with one attached hydrogen (secondary N) is 1. The Kier molecular flexibility index (Phi) is 4.43. The van der Waals surface area contributed by atoms with E-state index in [0.717, 1.165) is 11.4 Å². The molecule has 1 N–H and O–H groups in total. The van der Waals surface area contributed by atoms with Crippen LogP contribution in [0, 0.1) is 6.92 Å². The van der Waals surface area contributed by atoms with Crippen LogP contribution in [0.4, 0.5) is 5.95 Å². The van der Waals surface area contributed by atoms with Gasteiger partial charge in [-0.25, -0.2) is 14.8 Å². The number of aryl methyl sites for hydroxylation is 1. The molecule has 0 fully saturated rings. The lowest BCUT2D eigenvalue weighted by molar-refractivity contribution is -0.141. The van der Waals surface area contributed by atoms with Crippen LogP contribution in [0.25, 0.3) is 0 Å². The second-order valence-electron chi connectivity index (χ2n) is 4.30. The van der Waals surface area contributed by atoms with Crippen LogP contribution in [0.2, 0.25) is 0 Å². The molecule has 0 aliphatic carbocycles. The lowest BCUT2D eigenvalue weighted by atomic mass is 10.1. The molecule has 0 bridgehead atoms. The molecular formula is C12H19N3O2. The van der Waals surface area contributed by atoms with Crippen LogP contribution in [-0.2, 0) is 9.53 Å². The van der Waals surface area contributed by atoms with E-state index in [1.54, 1.807) is 6.92 Å². The topological polar surface area (TPSA) is 64.1 Å². The van der Waals surface area contributed by atoms with Crippen LogP contribution in [-0.4, -0.2) is 29.1 Å². The summed E-state index contributed by atoms with van der Waals surface area (Å²) in [6.45, 7) is 7.75. The summed E-state index contributed by atoms with van der Waals surface area (Å²) < 4.78 is 4.64. The lowest BCUT2D eigenvalue weighted by Gasteiger charge is -2.13. The van der Waals surface area contributed by atoms with Crippen molar-refractivity contribution in [2.75, 3.05) is 12.4 Å². The highest BCUT2D eigenvalue weighted by molar-refractivity contribution is 5.77. The van der Waals surface area contributed by atoms with E-state index in [4.69, 9.17) is 0 Å². The summed E-state index contributed by atoms with van der Waals surface area (Å²) in [6.07, 6.45) is 0. The third kappa shape index (κ3) is 3.69. The number of rotatable bonds is 4. The second kappa shape index (κ2) is 5.61. The maximum atomic E-state index is 11.3. The minimum atomic E-state index is -0.457. The molecule has 0 saturated heterocycles. The standard InChI is InChI=1S/C12H19N3O2/c1-7(2)10-6-8(3)13-12(15-10)14-9(4)11(16)17-5/h6-7,9H,1-5H3,(H,13,14,15). The first kappa shape index (κ1) is 13.4. The van der Waals surface area contributed by atoms with Crippen molar-refractivity contribution >= 4 is 11.9 Å². The number of hydrogen-bond donors (Lipinski definition) is 1. The van der Waals surface area contributed by atoms with E-state index in [9.17, 15) is 4.79 Å². The molecular weight excluding hydrogens is 218 g/mol. The van der Waals surface area contributed by atoms with Crippen molar-refractivity contribution in [2.24, 2.45) is 0 Å². The third-order valence-electron chi connectivity index (χ3n) is 2.37. The van der Waals surface area contributed by atoms with Crippen LogP contribution < -0.4 is 5.32 Å². The first-order valence-electron chi connectivity index (χ1n) is 5.64. The minimum Gasteiger partial charge on any atom is -0.467 e. The Bertz CT molecular complexity index is 405. The predicted molar refractivity (Wildman–Crippen MR) is 66.0 cm³/mol. The number of anilines is 1. The smallest absolute Gasteiger partial charge is 0.328 e. The first-order valence-corrected chi connectivity index (χ1v) is 5.64. The van der Waals surface area contributed by atoms with Crippen LogP contribution in [0.3, 0.4) is 0 Å². The summed E-state index contributed by atoms with van der Waals surface area (Å²) in [6, 6.07) is 1.49. The van der Waals surface area contributed by atoms with Gasteiger partial charge in [-0.3, -0.25) is 0 Å². The van der Waals surface area contributed by atoms with Crippen molar-refractivity contribution in [3.8, 4) is 0 Å². The van der Waals surface area contributed by atoms with Gasteiger partial charge in [0, 0.05) is 11.4 Å². The molecule has 0 amide bonds. The zero-order valence-corrected chi connectivity index (χ0v) is 10.9. The van der Waals surface area contributed by atoms with Crippen LogP contribution in [0.15, 0.2) is 6.07 Å². The highest BCUT2D eigenvalue weighted by atomic mass is 16.5. The Morgan fingerprint density at radius 1 is 1.35 bits per heavy atom. The summed E-state index contributed by atoms with van der Waals surface area (Å²) in [5.74, 6) is 0.457. The summed E-state index contributed by atoms with van der Waals surface area (Å²) in [4.78, 5) is 19.9. The van der Waals surface area contributed by atoms with E-state index in [2.05, 4.69) is 33.9 Å². The number of aromatic nitrogens is 2. The SMILES string of the molecule is COC(=O)C(C)Nc1nc(C)cc(C(C)C)n1.